The number of hydrogen-bond donors (Lipinski definition) is 0. The third-order valence-corrected chi connectivity index (χ3v) is 4.44. The molecular weight excluding hydrogens is 322 g/mol. The molecule has 3 rings (SSSR count). The van der Waals surface area contributed by atoms with Gasteiger partial charge in [-0.3, -0.25) is 9.48 Å². The van der Waals surface area contributed by atoms with E-state index in [1.165, 1.54) is 5.56 Å². The maximum Gasteiger partial charge on any atom is 0.257 e. The highest BCUT2D eigenvalue weighted by Gasteiger charge is 2.22. The first-order chi connectivity index (χ1) is 12.6. The predicted octanol–water partition coefficient (Wildman–Crippen LogP) is 4.33. The third kappa shape index (κ3) is 4.02. The lowest BCUT2D eigenvalue weighted by Gasteiger charge is -2.19. The van der Waals surface area contributed by atoms with Crippen LogP contribution in [0.2, 0.25) is 0 Å². The Morgan fingerprint density at radius 1 is 1.00 bits per heavy atom. The minimum atomic E-state index is 0.0110. The van der Waals surface area contributed by atoms with Gasteiger partial charge in [-0.05, 0) is 17.0 Å². The molecule has 4 nitrogen and oxygen atoms in total. The highest BCUT2D eigenvalue weighted by atomic mass is 16.2. The quantitative estimate of drug-likeness (QED) is 0.666. The molecule has 0 atom stereocenters. The largest absolute Gasteiger partial charge is 0.337 e. The van der Waals surface area contributed by atoms with E-state index < -0.39 is 0 Å². The van der Waals surface area contributed by atoms with Gasteiger partial charge in [-0.15, -0.1) is 0 Å². The van der Waals surface area contributed by atoms with Gasteiger partial charge in [0.2, 0.25) is 0 Å². The molecule has 1 aromatic heterocycles. The van der Waals surface area contributed by atoms with Crippen LogP contribution in [0.4, 0.5) is 0 Å². The van der Waals surface area contributed by atoms with Crippen LogP contribution in [0.3, 0.4) is 0 Å². The first-order valence-corrected chi connectivity index (χ1v) is 8.95. The van der Waals surface area contributed by atoms with Crippen LogP contribution in [0.25, 0.3) is 0 Å². The van der Waals surface area contributed by atoms with Crippen LogP contribution in [-0.4, -0.2) is 27.6 Å². The average molecular weight is 347 g/mol. The predicted molar refractivity (Wildman–Crippen MR) is 104 cm³/mol. The Hall–Kier alpha value is -2.88. The molecule has 26 heavy (non-hydrogen) atoms. The van der Waals surface area contributed by atoms with E-state index in [0.29, 0.717) is 18.7 Å². The van der Waals surface area contributed by atoms with Gasteiger partial charge >= 0.3 is 0 Å². The third-order valence-electron chi connectivity index (χ3n) is 4.44. The van der Waals surface area contributed by atoms with Crippen molar-refractivity contribution in [2.45, 2.75) is 32.9 Å². The first kappa shape index (κ1) is 17.9. The molecule has 0 aliphatic rings. The van der Waals surface area contributed by atoms with Crippen molar-refractivity contribution in [3.05, 3.63) is 89.2 Å². The Balaban J connectivity index is 1.83. The van der Waals surface area contributed by atoms with Gasteiger partial charge in [-0.25, -0.2) is 0 Å². The minimum absolute atomic E-state index is 0.0110. The standard InChI is InChI=1S/C22H25N3O/c1-17(2)21-20(14-23-25(21)16-19-12-8-5-9-13-19)22(26)24(3)15-18-10-6-4-7-11-18/h4-14,17H,15-16H2,1-3H3. The van der Waals surface area contributed by atoms with Crippen LogP contribution in [0, 0.1) is 0 Å². The lowest BCUT2D eigenvalue weighted by Crippen LogP contribution is -2.27. The van der Waals surface area contributed by atoms with Crippen molar-refractivity contribution in [1.29, 1.82) is 0 Å². The topological polar surface area (TPSA) is 38.1 Å². The SMILES string of the molecule is CC(C)c1c(C(=O)N(C)Cc2ccccc2)cnn1Cc1ccccc1. The molecule has 1 amide bonds. The average Bonchev–Trinajstić information content (AvgIpc) is 3.06. The van der Waals surface area contributed by atoms with Crippen LogP contribution in [0.15, 0.2) is 66.9 Å². The van der Waals surface area contributed by atoms with Gasteiger partial charge in [0.05, 0.1) is 24.0 Å². The lowest BCUT2D eigenvalue weighted by molar-refractivity contribution is 0.0783. The van der Waals surface area contributed by atoms with Crippen LogP contribution in [0.5, 0.6) is 0 Å². The Morgan fingerprint density at radius 3 is 2.15 bits per heavy atom. The van der Waals surface area contributed by atoms with Crippen LogP contribution in [-0.2, 0) is 13.1 Å². The van der Waals surface area contributed by atoms with Crippen LogP contribution < -0.4 is 0 Å². The summed E-state index contributed by atoms with van der Waals surface area (Å²) in [5.74, 6) is 0.224. The summed E-state index contributed by atoms with van der Waals surface area (Å²) in [6.07, 6.45) is 1.71. The maximum atomic E-state index is 13.0. The molecule has 0 saturated carbocycles. The summed E-state index contributed by atoms with van der Waals surface area (Å²) in [5.41, 5.74) is 3.97. The first-order valence-electron chi connectivity index (χ1n) is 8.95. The Morgan fingerprint density at radius 2 is 1.58 bits per heavy atom. The number of amides is 1. The molecule has 4 heteroatoms. The summed E-state index contributed by atoms with van der Waals surface area (Å²) in [5, 5.41) is 4.51. The minimum Gasteiger partial charge on any atom is -0.337 e. The zero-order valence-corrected chi connectivity index (χ0v) is 15.6. The van der Waals surface area contributed by atoms with Crippen molar-refractivity contribution in [1.82, 2.24) is 14.7 Å². The van der Waals surface area contributed by atoms with Crippen molar-refractivity contribution in [3.8, 4) is 0 Å². The van der Waals surface area contributed by atoms with Crippen molar-refractivity contribution >= 4 is 5.91 Å². The van der Waals surface area contributed by atoms with E-state index in [4.69, 9.17) is 0 Å². The monoisotopic (exact) mass is 347 g/mol. The molecule has 0 unspecified atom stereocenters. The molecule has 0 aliphatic heterocycles. The number of nitrogens with zero attached hydrogens (tertiary/aromatic N) is 3. The highest BCUT2D eigenvalue weighted by Crippen LogP contribution is 2.22. The molecule has 1 heterocycles. The molecule has 0 aliphatic carbocycles. The molecular formula is C22H25N3O. The number of hydrogen-bond acceptors (Lipinski definition) is 2. The molecule has 0 fully saturated rings. The summed E-state index contributed by atoms with van der Waals surface area (Å²) in [6.45, 7) is 5.46. The molecule has 134 valence electrons. The van der Waals surface area contributed by atoms with Gasteiger partial charge in [0.15, 0.2) is 0 Å². The second kappa shape index (κ2) is 8.00. The second-order valence-electron chi connectivity index (χ2n) is 6.89. The van der Waals surface area contributed by atoms with E-state index >= 15 is 0 Å². The van der Waals surface area contributed by atoms with Crippen molar-refractivity contribution in [2.24, 2.45) is 0 Å². The van der Waals surface area contributed by atoms with Gasteiger partial charge < -0.3 is 4.90 Å². The van der Waals surface area contributed by atoms with E-state index in [1.807, 2.05) is 60.3 Å². The molecule has 0 saturated heterocycles. The van der Waals surface area contributed by atoms with Crippen LogP contribution >= 0.6 is 0 Å². The van der Waals surface area contributed by atoms with Gasteiger partial charge in [0.25, 0.3) is 5.91 Å². The molecule has 0 spiro atoms. The normalized spacial score (nSPS) is 10.9. The zero-order chi connectivity index (χ0) is 18.5. The molecule has 0 N–H and O–H groups in total. The maximum absolute atomic E-state index is 13.0. The van der Waals surface area contributed by atoms with Crippen molar-refractivity contribution in [3.63, 3.8) is 0 Å². The Bertz CT molecular complexity index is 854. The van der Waals surface area contributed by atoms with Gasteiger partial charge in [0.1, 0.15) is 0 Å². The van der Waals surface area contributed by atoms with Gasteiger partial charge in [-0.1, -0.05) is 74.5 Å². The van der Waals surface area contributed by atoms with E-state index in [0.717, 1.165) is 11.3 Å². The number of carbonyl (C=O) groups is 1. The van der Waals surface area contributed by atoms with E-state index in [9.17, 15) is 4.79 Å². The van der Waals surface area contributed by atoms with Gasteiger partial charge in [0, 0.05) is 13.6 Å². The summed E-state index contributed by atoms with van der Waals surface area (Å²) in [7, 11) is 1.84. The summed E-state index contributed by atoms with van der Waals surface area (Å²) in [4.78, 5) is 14.8. The molecule has 0 radical (unpaired) electrons. The lowest BCUT2D eigenvalue weighted by atomic mass is 10.0. The number of carbonyl (C=O) groups excluding carboxylic acids is 1. The van der Waals surface area contributed by atoms with Crippen molar-refractivity contribution < 1.29 is 4.79 Å². The second-order valence-corrected chi connectivity index (χ2v) is 6.89. The fourth-order valence-corrected chi connectivity index (χ4v) is 3.19. The Kier molecular flexibility index (Phi) is 5.52. The van der Waals surface area contributed by atoms with Crippen molar-refractivity contribution in [2.75, 3.05) is 7.05 Å². The summed E-state index contributed by atoms with van der Waals surface area (Å²) < 4.78 is 1.95. The van der Waals surface area contributed by atoms with E-state index in [2.05, 4.69) is 31.1 Å². The fourth-order valence-electron chi connectivity index (χ4n) is 3.19. The molecule has 2 aromatic carbocycles. The summed E-state index contributed by atoms with van der Waals surface area (Å²) in [6, 6.07) is 20.2. The summed E-state index contributed by atoms with van der Waals surface area (Å²) >= 11 is 0. The highest BCUT2D eigenvalue weighted by molar-refractivity contribution is 5.95. The molecule has 0 bridgehead atoms. The molecule has 3 aromatic rings. The number of benzene rings is 2. The number of rotatable bonds is 6. The number of aromatic nitrogens is 2. The fraction of sp³-hybridized carbons (Fsp3) is 0.273. The van der Waals surface area contributed by atoms with E-state index in [-0.39, 0.29) is 11.8 Å². The van der Waals surface area contributed by atoms with Crippen LogP contribution in [0.1, 0.15) is 46.9 Å². The zero-order valence-electron chi connectivity index (χ0n) is 15.6. The smallest absolute Gasteiger partial charge is 0.257 e. The van der Waals surface area contributed by atoms with Gasteiger partial charge in [-0.2, -0.15) is 5.10 Å². The Labute approximate surface area is 155 Å². The van der Waals surface area contributed by atoms with E-state index in [1.54, 1.807) is 11.1 Å².